The third kappa shape index (κ3) is 1.17. The van der Waals surface area contributed by atoms with Gasteiger partial charge in [0.1, 0.15) is 6.33 Å². The van der Waals surface area contributed by atoms with E-state index in [1.165, 1.54) is 6.33 Å². The Morgan fingerprint density at radius 3 is 2.92 bits per heavy atom. The second kappa shape index (κ2) is 2.95. The monoisotopic (exact) mass is 242 g/mol. The molecule has 2 aromatic heterocycles. The van der Waals surface area contributed by atoms with Crippen LogP contribution < -0.4 is 4.74 Å². The number of methoxy groups -OCH3 is 1. The van der Waals surface area contributed by atoms with Crippen molar-refractivity contribution in [2.75, 3.05) is 7.11 Å². The summed E-state index contributed by atoms with van der Waals surface area (Å²) in [6, 6.07) is 0. The molecule has 0 spiro atoms. The lowest BCUT2D eigenvalue weighted by atomic mass is 10.5. The Hall–Kier alpha value is -1.17. The van der Waals surface area contributed by atoms with Crippen molar-refractivity contribution in [3.63, 3.8) is 0 Å². The van der Waals surface area contributed by atoms with Crippen LogP contribution in [0.2, 0.25) is 0 Å². The predicted octanol–water partition coefficient (Wildman–Crippen LogP) is 1.13. The Morgan fingerprint density at radius 2 is 2.23 bits per heavy atom. The molecule has 0 bridgehead atoms. The van der Waals surface area contributed by atoms with Gasteiger partial charge >= 0.3 is 0 Å². The molecule has 2 aromatic rings. The molecule has 0 fully saturated rings. The van der Waals surface area contributed by atoms with Crippen LogP contribution in [0.5, 0.6) is 5.88 Å². The molecule has 0 saturated heterocycles. The van der Waals surface area contributed by atoms with E-state index in [-0.39, 0.29) is 0 Å². The van der Waals surface area contributed by atoms with Crippen molar-refractivity contribution in [1.82, 2.24) is 19.5 Å². The SMILES string of the molecule is COc1ncnc2c1nc(Br)n2C. The smallest absolute Gasteiger partial charge is 0.245 e. The van der Waals surface area contributed by atoms with Gasteiger partial charge < -0.3 is 9.30 Å². The summed E-state index contributed by atoms with van der Waals surface area (Å²) < 4.78 is 7.58. The number of halogens is 1. The molecule has 0 atom stereocenters. The summed E-state index contributed by atoms with van der Waals surface area (Å²) in [5, 5.41) is 0. The topological polar surface area (TPSA) is 52.8 Å². The van der Waals surface area contributed by atoms with Crippen LogP contribution >= 0.6 is 15.9 Å². The molecular weight excluding hydrogens is 236 g/mol. The molecule has 6 heteroatoms. The van der Waals surface area contributed by atoms with Crippen LogP contribution in [-0.4, -0.2) is 26.6 Å². The molecule has 2 heterocycles. The largest absolute Gasteiger partial charge is 0.479 e. The molecule has 0 N–H and O–H groups in total. The van der Waals surface area contributed by atoms with Gasteiger partial charge in [0, 0.05) is 7.05 Å². The minimum atomic E-state index is 0.492. The highest BCUT2D eigenvalue weighted by Crippen LogP contribution is 2.22. The molecule has 0 aliphatic heterocycles. The molecule has 0 aliphatic carbocycles. The highest BCUT2D eigenvalue weighted by molar-refractivity contribution is 9.10. The molecule has 2 rings (SSSR count). The summed E-state index contributed by atoms with van der Waals surface area (Å²) in [5.41, 5.74) is 1.41. The van der Waals surface area contributed by atoms with Crippen molar-refractivity contribution in [2.45, 2.75) is 0 Å². The Morgan fingerprint density at radius 1 is 1.46 bits per heavy atom. The Labute approximate surface area is 82.9 Å². The zero-order valence-corrected chi connectivity index (χ0v) is 8.74. The molecule has 0 saturated carbocycles. The zero-order chi connectivity index (χ0) is 9.42. The van der Waals surface area contributed by atoms with E-state index < -0.39 is 0 Å². The van der Waals surface area contributed by atoms with E-state index >= 15 is 0 Å². The lowest BCUT2D eigenvalue weighted by Crippen LogP contribution is -1.93. The fraction of sp³-hybridized carbons (Fsp3) is 0.286. The summed E-state index contributed by atoms with van der Waals surface area (Å²) in [7, 11) is 3.43. The zero-order valence-electron chi connectivity index (χ0n) is 7.15. The van der Waals surface area contributed by atoms with Crippen molar-refractivity contribution in [3.8, 4) is 5.88 Å². The number of rotatable bonds is 1. The van der Waals surface area contributed by atoms with Crippen molar-refractivity contribution >= 4 is 27.1 Å². The standard InChI is InChI=1S/C7H7BrN4O/c1-12-5-4(11-7(12)8)6(13-2)10-3-9-5/h3H,1-2H3. The summed E-state index contributed by atoms with van der Waals surface area (Å²) in [4.78, 5) is 12.3. The first-order valence-electron chi connectivity index (χ1n) is 3.61. The average Bonchev–Trinajstić information content (AvgIpc) is 2.43. The minimum absolute atomic E-state index is 0.492. The third-order valence-electron chi connectivity index (χ3n) is 1.76. The Bertz CT molecular complexity index is 453. The Kier molecular flexibility index (Phi) is 1.91. The van der Waals surface area contributed by atoms with Gasteiger partial charge in [0.05, 0.1) is 7.11 Å². The molecule has 0 amide bonds. The van der Waals surface area contributed by atoms with Gasteiger partial charge in [-0.1, -0.05) is 0 Å². The maximum atomic E-state index is 5.05. The second-order valence-electron chi connectivity index (χ2n) is 2.50. The van der Waals surface area contributed by atoms with Gasteiger partial charge in [-0.2, -0.15) is 4.98 Å². The highest BCUT2D eigenvalue weighted by Gasteiger charge is 2.11. The first kappa shape index (κ1) is 8.43. The van der Waals surface area contributed by atoms with Gasteiger partial charge in [0.25, 0.3) is 0 Å². The summed E-state index contributed by atoms with van der Waals surface area (Å²) >= 11 is 3.30. The van der Waals surface area contributed by atoms with Gasteiger partial charge in [-0.05, 0) is 15.9 Å². The number of fused-ring (bicyclic) bond motifs is 1. The van der Waals surface area contributed by atoms with E-state index in [9.17, 15) is 0 Å². The number of aromatic nitrogens is 4. The van der Waals surface area contributed by atoms with E-state index in [0.717, 1.165) is 5.65 Å². The summed E-state index contributed by atoms with van der Waals surface area (Å²) in [6.45, 7) is 0. The van der Waals surface area contributed by atoms with Crippen LogP contribution in [0.15, 0.2) is 11.1 Å². The van der Waals surface area contributed by atoms with Crippen molar-refractivity contribution < 1.29 is 4.74 Å². The molecule has 5 nitrogen and oxygen atoms in total. The van der Waals surface area contributed by atoms with Gasteiger partial charge in [-0.3, -0.25) is 0 Å². The van der Waals surface area contributed by atoms with E-state index in [1.54, 1.807) is 7.11 Å². The molecule has 68 valence electrons. The lowest BCUT2D eigenvalue weighted by molar-refractivity contribution is 0.401. The van der Waals surface area contributed by atoms with Crippen LogP contribution in [-0.2, 0) is 7.05 Å². The third-order valence-corrected chi connectivity index (χ3v) is 2.47. The average molecular weight is 243 g/mol. The predicted molar refractivity (Wildman–Crippen MR) is 50.6 cm³/mol. The fourth-order valence-electron chi connectivity index (χ4n) is 1.10. The van der Waals surface area contributed by atoms with Crippen molar-refractivity contribution in [3.05, 3.63) is 11.1 Å². The van der Waals surface area contributed by atoms with E-state index in [2.05, 4.69) is 30.9 Å². The quantitative estimate of drug-likeness (QED) is 0.704. The molecular formula is C7H7BrN4O. The molecule has 13 heavy (non-hydrogen) atoms. The molecule has 0 aromatic carbocycles. The van der Waals surface area contributed by atoms with Crippen molar-refractivity contribution in [1.29, 1.82) is 0 Å². The number of hydrogen-bond acceptors (Lipinski definition) is 4. The van der Waals surface area contributed by atoms with Gasteiger partial charge in [-0.15, -0.1) is 0 Å². The van der Waals surface area contributed by atoms with Crippen LogP contribution in [0.4, 0.5) is 0 Å². The second-order valence-corrected chi connectivity index (χ2v) is 3.20. The fourth-order valence-corrected chi connectivity index (χ4v) is 1.45. The summed E-state index contributed by atoms with van der Waals surface area (Å²) in [5.74, 6) is 0.492. The van der Waals surface area contributed by atoms with Crippen LogP contribution in [0.1, 0.15) is 0 Å². The summed E-state index contributed by atoms with van der Waals surface area (Å²) in [6.07, 6.45) is 1.45. The number of imidazole rings is 1. The maximum Gasteiger partial charge on any atom is 0.245 e. The van der Waals surface area contributed by atoms with Crippen LogP contribution in [0.25, 0.3) is 11.2 Å². The van der Waals surface area contributed by atoms with E-state index in [0.29, 0.717) is 16.1 Å². The number of aryl methyl sites for hydroxylation is 1. The van der Waals surface area contributed by atoms with Gasteiger partial charge in [-0.25, -0.2) is 9.97 Å². The number of nitrogens with zero attached hydrogens (tertiary/aromatic N) is 4. The van der Waals surface area contributed by atoms with E-state index in [4.69, 9.17) is 4.74 Å². The maximum absolute atomic E-state index is 5.05. The van der Waals surface area contributed by atoms with Crippen LogP contribution in [0.3, 0.4) is 0 Å². The van der Waals surface area contributed by atoms with Gasteiger partial charge in [0.15, 0.2) is 15.9 Å². The van der Waals surface area contributed by atoms with Crippen molar-refractivity contribution in [2.24, 2.45) is 7.05 Å². The number of hydrogen-bond donors (Lipinski definition) is 0. The molecule has 0 unspecified atom stereocenters. The number of ether oxygens (including phenoxy) is 1. The highest BCUT2D eigenvalue weighted by atomic mass is 79.9. The molecule has 0 aliphatic rings. The van der Waals surface area contributed by atoms with Gasteiger partial charge in [0.2, 0.25) is 5.88 Å². The lowest BCUT2D eigenvalue weighted by Gasteiger charge is -1.97. The Balaban J connectivity index is 2.84. The van der Waals surface area contributed by atoms with E-state index in [1.807, 2.05) is 11.6 Å². The normalized spacial score (nSPS) is 10.7. The molecule has 0 radical (unpaired) electrons. The first-order chi connectivity index (χ1) is 6.24. The minimum Gasteiger partial charge on any atom is -0.479 e. The first-order valence-corrected chi connectivity index (χ1v) is 4.40. The van der Waals surface area contributed by atoms with Crippen LogP contribution in [0, 0.1) is 0 Å².